The standard InChI is InChI=1S/C15H21ClN2/c1-12-9-17-8-2-3-15(17)11-18(12)10-13-4-6-14(16)7-5-13/h4-7,12,15H,2-3,8-11H2,1H3/t12-,15?/m0/s1. The number of nitrogens with zero attached hydrogens (tertiary/aromatic N) is 2. The number of benzene rings is 1. The van der Waals surface area contributed by atoms with E-state index in [0.29, 0.717) is 6.04 Å². The molecule has 3 rings (SSSR count). The molecule has 0 spiro atoms. The minimum absolute atomic E-state index is 0.662. The van der Waals surface area contributed by atoms with Crippen molar-refractivity contribution in [1.82, 2.24) is 9.80 Å². The predicted molar refractivity (Wildman–Crippen MR) is 75.9 cm³/mol. The van der Waals surface area contributed by atoms with Gasteiger partial charge in [0, 0.05) is 36.7 Å². The maximum absolute atomic E-state index is 5.94. The highest BCUT2D eigenvalue weighted by Gasteiger charge is 2.33. The largest absolute Gasteiger partial charge is 0.298 e. The van der Waals surface area contributed by atoms with Crippen molar-refractivity contribution in [3.8, 4) is 0 Å². The maximum atomic E-state index is 5.94. The van der Waals surface area contributed by atoms with Crippen LogP contribution in [0.4, 0.5) is 0 Å². The van der Waals surface area contributed by atoms with E-state index in [1.807, 2.05) is 12.1 Å². The van der Waals surface area contributed by atoms with Crippen molar-refractivity contribution in [1.29, 1.82) is 0 Å². The van der Waals surface area contributed by atoms with Crippen LogP contribution in [0.2, 0.25) is 5.02 Å². The molecule has 0 saturated carbocycles. The second-order valence-electron chi connectivity index (χ2n) is 5.70. The van der Waals surface area contributed by atoms with Gasteiger partial charge in [0.05, 0.1) is 0 Å². The Morgan fingerprint density at radius 3 is 2.78 bits per heavy atom. The monoisotopic (exact) mass is 264 g/mol. The average Bonchev–Trinajstić information content (AvgIpc) is 2.79. The van der Waals surface area contributed by atoms with E-state index in [4.69, 9.17) is 11.6 Å². The van der Waals surface area contributed by atoms with Gasteiger partial charge in [-0.1, -0.05) is 23.7 Å². The Balaban J connectivity index is 1.66. The Morgan fingerprint density at radius 1 is 1.22 bits per heavy atom. The highest BCUT2D eigenvalue weighted by atomic mass is 35.5. The Hall–Kier alpha value is -0.570. The van der Waals surface area contributed by atoms with Crippen LogP contribution >= 0.6 is 11.6 Å². The Labute approximate surface area is 115 Å². The summed E-state index contributed by atoms with van der Waals surface area (Å²) in [4.78, 5) is 5.29. The molecule has 1 aromatic carbocycles. The molecule has 2 fully saturated rings. The lowest BCUT2D eigenvalue weighted by Gasteiger charge is -2.42. The number of hydrogen-bond acceptors (Lipinski definition) is 2. The third kappa shape index (κ3) is 2.56. The van der Waals surface area contributed by atoms with E-state index < -0.39 is 0 Å². The smallest absolute Gasteiger partial charge is 0.0406 e. The van der Waals surface area contributed by atoms with Gasteiger partial charge >= 0.3 is 0 Å². The molecule has 18 heavy (non-hydrogen) atoms. The lowest BCUT2D eigenvalue weighted by Crippen LogP contribution is -2.54. The van der Waals surface area contributed by atoms with Crippen LogP contribution in [0.5, 0.6) is 0 Å². The summed E-state index contributed by atoms with van der Waals surface area (Å²) >= 11 is 5.94. The summed E-state index contributed by atoms with van der Waals surface area (Å²) in [5.74, 6) is 0. The minimum Gasteiger partial charge on any atom is -0.298 e. The summed E-state index contributed by atoms with van der Waals surface area (Å²) < 4.78 is 0. The molecule has 2 nitrogen and oxygen atoms in total. The third-order valence-corrected chi connectivity index (χ3v) is 4.62. The van der Waals surface area contributed by atoms with Gasteiger partial charge in [-0.15, -0.1) is 0 Å². The molecule has 0 aliphatic carbocycles. The third-order valence-electron chi connectivity index (χ3n) is 4.37. The average molecular weight is 265 g/mol. The first-order valence-corrected chi connectivity index (χ1v) is 7.33. The maximum Gasteiger partial charge on any atom is 0.0406 e. The number of fused-ring (bicyclic) bond motifs is 1. The van der Waals surface area contributed by atoms with Gasteiger partial charge in [-0.2, -0.15) is 0 Å². The molecule has 2 aliphatic rings. The molecule has 1 unspecified atom stereocenters. The van der Waals surface area contributed by atoms with Gasteiger partial charge in [0.1, 0.15) is 0 Å². The Kier molecular flexibility index (Phi) is 3.60. The molecule has 2 saturated heterocycles. The minimum atomic E-state index is 0.662. The summed E-state index contributed by atoms with van der Waals surface area (Å²) in [6, 6.07) is 9.75. The van der Waals surface area contributed by atoms with E-state index in [-0.39, 0.29) is 0 Å². The van der Waals surface area contributed by atoms with Gasteiger partial charge in [-0.25, -0.2) is 0 Å². The second-order valence-corrected chi connectivity index (χ2v) is 6.13. The highest BCUT2D eigenvalue weighted by Crippen LogP contribution is 2.25. The number of halogens is 1. The molecule has 1 aromatic rings. The Morgan fingerprint density at radius 2 is 2.00 bits per heavy atom. The van der Waals surface area contributed by atoms with Gasteiger partial charge in [0.25, 0.3) is 0 Å². The van der Waals surface area contributed by atoms with Crippen LogP contribution in [0, 0.1) is 0 Å². The SMILES string of the molecule is C[C@H]1CN2CCCC2CN1Cc1ccc(Cl)cc1. The van der Waals surface area contributed by atoms with Crippen LogP contribution < -0.4 is 0 Å². The van der Waals surface area contributed by atoms with E-state index in [1.165, 1.54) is 38.0 Å². The first-order valence-electron chi connectivity index (χ1n) is 6.95. The molecular weight excluding hydrogens is 244 g/mol. The molecular formula is C15H21ClN2. The first kappa shape index (κ1) is 12.5. The zero-order valence-corrected chi connectivity index (χ0v) is 11.7. The first-order chi connectivity index (χ1) is 8.72. The molecule has 0 aromatic heterocycles. The molecule has 0 amide bonds. The lowest BCUT2D eigenvalue weighted by molar-refractivity contribution is 0.0540. The van der Waals surface area contributed by atoms with Gasteiger partial charge in [-0.3, -0.25) is 9.80 Å². The number of piperazine rings is 1. The fourth-order valence-corrected chi connectivity index (χ4v) is 3.42. The van der Waals surface area contributed by atoms with Crippen LogP contribution in [0.3, 0.4) is 0 Å². The molecule has 98 valence electrons. The summed E-state index contributed by atoms with van der Waals surface area (Å²) in [5, 5.41) is 0.826. The van der Waals surface area contributed by atoms with Crippen molar-refractivity contribution >= 4 is 11.6 Å². The molecule has 0 N–H and O–H groups in total. The molecule has 2 aliphatic heterocycles. The zero-order valence-electron chi connectivity index (χ0n) is 11.0. The van der Waals surface area contributed by atoms with E-state index in [0.717, 1.165) is 17.6 Å². The molecule has 3 heteroatoms. The summed E-state index contributed by atoms with van der Waals surface area (Å²) in [7, 11) is 0. The quantitative estimate of drug-likeness (QED) is 0.810. The van der Waals surface area contributed by atoms with Crippen molar-refractivity contribution in [2.75, 3.05) is 19.6 Å². The van der Waals surface area contributed by atoms with Gasteiger partial charge in [0.15, 0.2) is 0 Å². The summed E-state index contributed by atoms with van der Waals surface area (Å²) in [5.41, 5.74) is 1.37. The summed E-state index contributed by atoms with van der Waals surface area (Å²) in [6.07, 6.45) is 2.76. The van der Waals surface area contributed by atoms with E-state index >= 15 is 0 Å². The normalized spacial score (nSPS) is 29.4. The molecule has 0 bridgehead atoms. The van der Waals surface area contributed by atoms with Crippen LogP contribution in [0.25, 0.3) is 0 Å². The zero-order chi connectivity index (χ0) is 12.5. The topological polar surface area (TPSA) is 6.48 Å². The highest BCUT2D eigenvalue weighted by molar-refractivity contribution is 6.30. The molecule has 2 atom stereocenters. The Bertz CT molecular complexity index is 403. The van der Waals surface area contributed by atoms with Crippen LogP contribution in [0.15, 0.2) is 24.3 Å². The predicted octanol–water partition coefficient (Wildman–Crippen LogP) is 3.01. The van der Waals surface area contributed by atoms with Crippen molar-refractivity contribution < 1.29 is 0 Å². The van der Waals surface area contributed by atoms with E-state index in [2.05, 4.69) is 28.9 Å². The van der Waals surface area contributed by atoms with Crippen LogP contribution in [-0.2, 0) is 6.54 Å². The van der Waals surface area contributed by atoms with Gasteiger partial charge in [-0.05, 0) is 44.0 Å². The fraction of sp³-hybridized carbons (Fsp3) is 0.600. The van der Waals surface area contributed by atoms with E-state index in [9.17, 15) is 0 Å². The lowest BCUT2D eigenvalue weighted by atomic mass is 10.1. The van der Waals surface area contributed by atoms with Gasteiger partial charge in [0.2, 0.25) is 0 Å². The fourth-order valence-electron chi connectivity index (χ4n) is 3.29. The van der Waals surface area contributed by atoms with Crippen LogP contribution in [-0.4, -0.2) is 41.5 Å². The number of hydrogen-bond donors (Lipinski definition) is 0. The molecule has 0 radical (unpaired) electrons. The van der Waals surface area contributed by atoms with Crippen molar-refractivity contribution in [2.45, 2.75) is 38.4 Å². The van der Waals surface area contributed by atoms with Crippen LogP contribution in [0.1, 0.15) is 25.3 Å². The van der Waals surface area contributed by atoms with Crippen molar-refractivity contribution in [2.24, 2.45) is 0 Å². The molecule has 2 heterocycles. The number of rotatable bonds is 2. The van der Waals surface area contributed by atoms with E-state index in [1.54, 1.807) is 0 Å². The van der Waals surface area contributed by atoms with Crippen molar-refractivity contribution in [3.63, 3.8) is 0 Å². The summed E-state index contributed by atoms with van der Waals surface area (Å²) in [6.45, 7) is 7.18. The second kappa shape index (κ2) is 5.20. The van der Waals surface area contributed by atoms with Crippen molar-refractivity contribution in [3.05, 3.63) is 34.9 Å². The van der Waals surface area contributed by atoms with Gasteiger partial charge < -0.3 is 0 Å².